The van der Waals surface area contributed by atoms with Gasteiger partial charge in [0.1, 0.15) is 11.9 Å². The van der Waals surface area contributed by atoms with Crippen molar-refractivity contribution in [3.63, 3.8) is 0 Å². The van der Waals surface area contributed by atoms with Crippen LogP contribution in [0.5, 0.6) is 5.75 Å². The molecule has 0 aliphatic carbocycles. The molecule has 6 heteroatoms. The highest BCUT2D eigenvalue weighted by molar-refractivity contribution is 9.10. The fraction of sp³-hybridized carbons (Fsp3) is 0.182. The quantitative estimate of drug-likeness (QED) is 0.882. The van der Waals surface area contributed by atoms with Crippen LogP contribution >= 0.6 is 43.2 Å². The van der Waals surface area contributed by atoms with Crippen LogP contribution in [0, 0.1) is 0 Å². The van der Waals surface area contributed by atoms with Gasteiger partial charge in [0.25, 0.3) is 0 Å². The molecule has 2 aromatic heterocycles. The van der Waals surface area contributed by atoms with E-state index in [9.17, 15) is 0 Å². The highest BCUT2D eigenvalue weighted by Crippen LogP contribution is 2.29. The van der Waals surface area contributed by atoms with E-state index in [-0.39, 0.29) is 6.10 Å². The van der Waals surface area contributed by atoms with Gasteiger partial charge >= 0.3 is 0 Å². The summed E-state index contributed by atoms with van der Waals surface area (Å²) in [5.41, 5.74) is 5.73. The number of hydrogen-bond donors (Lipinski definition) is 1. The van der Waals surface area contributed by atoms with Crippen LogP contribution in [0.25, 0.3) is 0 Å². The highest BCUT2D eigenvalue weighted by Gasteiger charge is 2.14. The fourth-order valence-corrected chi connectivity index (χ4v) is 3.17. The number of rotatable bonds is 4. The van der Waals surface area contributed by atoms with E-state index in [1.807, 2.05) is 17.5 Å². The van der Waals surface area contributed by atoms with Crippen LogP contribution in [-0.2, 0) is 0 Å². The van der Waals surface area contributed by atoms with Gasteiger partial charge in [-0.3, -0.25) is 4.98 Å². The van der Waals surface area contributed by atoms with Crippen LogP contribution in [0.4, 0.5) is 0 Å². The predicted molar refractivity (Wildman–Crippen MR) is 76.4 cm³/mol. The summed E-state index contributed by atoms with van der Waals surface area (Å²) in [6.45, 7) is 0.430. The number of thiophene rings is 1. The molecule has 2 heterocycles. The molecule has 2 rings (SSSR count). The largest absolute Gasteiger partial charge is 0.482 e. The van der Waals surface area contributed by atoms with Crippen LogP contribution in [0.15, 0.2) is 38.9 Å². The van der Waals surface area contributed by atoms with Gasteiger partial charge in [-0.25, -0.2) is 0 Å². The number of halogens is 2. The average molecular weight is 378 g/mol. The third kappa shape index (κ3) is 3.51. The first kappa shape index (κ1) is 13.0. The van der Waals surface area contributed by atoms with Gasteiger partial charge in [0.15, 0.2) is 0 Å². The molecule has 1 unspecified atom stereocenters. The molecule has 0 aliphatic rings. The molecule has 0 aliphatic heterocycles. The Labute approximate surface area is 120 Å². The summed E-state index contributed by atoms with van der Waals surface area (Å²) in [5.74, 6) is 0.708. The molecular formula is C11H10Br2N2OS. The molecule has 0 saturated heterocycles. The second kappa shape index (κ2) is 5.95. The van der Waals surface area contributed by atoms with Crippen molar-refractivity contribution in [3.05, 3.63) is 43.7 Å². The first-order chi connectivity index (χ1) is 8.19. The molecule has 90 valence electrons. The van der Waals surface area contributed by atoms with Crippen LogP contribution in [-0.4, -0.2) is 11.5 Å². The topological polar surface area (TPSA) is 48.1 Å². The smallest absolute Gasteiger partial charge is 0.145 e. The van der Waals surface area contributed by atoms with Gasteiger partial charge in [0.05, 0.1) is 6.20 Å². The van der Waals surface area contributed by atoms with Gasteiger partial charge < -0.3 is 10.5 Å². The van der Waals surface area contributed by atoms with Gasteiger partial charge in [-0.2, -0.15) is 0 Å². The van der Waals surface area contributed by atoms with Crippen molar-refractivity contribution in [2.75, 3.05) is 6.54 Å². The Bertz CT molecular complexity index is 504. The summed E-state index contributed by atoms with van der Waals surface area (Å²) < 4.78 is 7.75. The number of aromatic nitrogens is 1. The Morgan fingerprint density at radius 1 is 1.29 bits per heavy atom. The number of nitrogens with zero attached hydrogens (tertiary/aromatic N) is 1. The maximum atomic E-state index is 5.82. The van der Waals surface area contributed by atoms with Crippen LogP contribution in [0.2, 0.25) is 0 Å². The van der Waals surface area contributed by atoms with E-state index < -0.39 is 0 Å². The SMILES string of the molecule is NCC(Oc1cncc(Br)c1)c1cc(Br)cs1. The molecule has 0 aromatic carbocycles. The van der Waals surface area contributed by atoms with Gasteiger partial charge in [-0.15, -0.1) is 11.3 Å². The summed E-state index contributed by atoms with van der Waals surface area (Å²) in [4.78, 5) is 5.15. The maximum Gasteiger partial charge on any atom is 0.145 e. The minimum Gasteiger partial charge on any atom is -0.482 e. The molecule has 3 nitrogen and oxygen atoms in total. The zero-order valence-corrected chi connectivity index (χ0v) is 12.8. The molecule has 2 N–H and O–H groups in total. The Morgan fingerprint density at radius 3 is 2.71 bits per heavy atom. The van der Waals surface area contributed by atoms with Crippen LogP contribution in [0.1, 0.15) is 11.0 Å². The lowest BCUT2D eigenvalue weighted by atomic mass is 10.3. The normalized spacial score (nSPS) is 12.4. The van der Waals surface area contributed by atoms with E-state index >= 15 is 0 Å². The van der Waals surface area contributed by atoms with Gasteiger partial charge in [0, 0.05) is 31.9 Å². The number of pyridine rings is 1. The zero-order chi connectivity index (χ0) is 12.3. The van der Waals surface area contributed by atoms with Crippen molar-refractivity contribution in [3.8, 4) is 5.75 Å². The lowest BCUT2D eigenvalue weighted by molar-refractivity contribution is 0.217. The molecule has 0 spiro atoms. The summed E-state index contributed by atoms with van der Waals surface area (Å²) >= 11 is 8.40. The molecular weight excluding hydrogens is 368 g/mol. The molecule has 2 aromatic rings. The second-order valence-electron chi connectivity index (χ2n) is 3.35. The molecule has 0 amide bonds. The van der Waals surface area contributed by atoms with Crippen molar-refractivity contribution >= 4 is 43.2 Å². The molecule has 0 bridgehead atoms. The molecule has 1 atom stereocenters. The van der Waals surface area contributed by atoms with E-state index in [2.05, 4.69) is 36.8 Å². The van der Waals surface area contributed by atoms with Crippen molar-refractivity contribution < 1.29 is 4.74 Å². The monoisotopic (exact) mass is 376 g/mol. The van der Waals surface area contributed by atoms with E-state index in [0.29, 0.717) is 12.3 Å². The highest BCUT2D eigenvalue weighted by atomic mass is 79.9. The van der Waals surface area contributed by atoms with Crippen molar-refractivity contribution in [2.24, 2.45) is 5.73 Å². The first-order valence-electron chi connectivity index (χ1n) is 4.90. The van der Waals surface area contributed by atoms with Crippen LogP contribution < -0.4 is 10.5 Å². The summed E-state index contributed by atoms with van der Waals surface area (Å²) in [5, 5.41) is 2.01. The van der Waals surface area contributed by atoms with Crippen molar-refractivity contribution in [1.82, 2.24) is 4.98 Å². The average Bonchev–Trinajstić information content (AvgIpc) is 2.73. The number of hydrogen-bond acceptors (Lipinski definition) is 4. The lowest BCUT2D eigenvalue weighted by Crippen LogP contribution is -2.17. The van der Waals surface area contributed by atoms with Gasteiger partial charge in [-0.1, -0.05) is 0 Å². The number of ether oxygens (including phenoxy) is 1. The van der Waals surface area contributed by atoms with Gasteiger partial charge in [-0.05, 0) is 44.0 Å². The van der Waals surface area contributed by atoms with Crippen LogP contribution in [0.3, 0.4) is 0 Å². The minimum absolute atomic E-state index is 0.137. The summed E-state index contributed by atoms with van der Waals surface area (Å²) in [6.07, 6.45) is 3.25. The third-order valence-corrected chi connectivity index (χ3v) is 4.30. The van der Waals surface area contributed by atoms with E-state index in [1.54, 1.807) is 23.7 Å². The van der Waals surface area contributed by atoms with Crippen molar-refractivity contribution in [1.29, 1.82) is 0 Å². The fourth-order valence-electron chi connectivity index (χ4n) is 1.34. The van der Waals surface area contributed by atoms with Crippen molar-refractivity contribution in [2.45, 2.75) is 6.10 Å². The van der Waals surface area contributed by atoms with Gasteiger partial charge in [0.2, 0.25) is 0 Å². The Kier molecular flexibility index (Phi) is 4.55. The second-order valence-corrected chi connectivity index (χ2v) is 6.12. The lowest BCUT2D eigenvalue weighted by Gasteiger charge is -2.15. The van der Waals surface area contributed by atoms with E-state index in [4.69, 9.17) is 10.5 Å². The molecule has 0 saturated carbocycles. The first-order valence-corrected chi connectivity index (χ1v) is 7.37. The standard InChI is InChI=1S/C11H10Br2N2OS/c12-7-1-9(5-15-4-7)16-10(3-14)11-2-8(13)6-17-11/h1-2,4-6,10H,3,14H2. The number of nitrogens with two attached hydrogens (primary N) is 1. The molecule has 0 radical (unpaired) electrons. The Hall–Kier alpha value is -0.430. The molecule has 17 heavy (non-hydrogen) atoms. The maximum absolute atomic E-state index is 5.82. The molecule has 0 fully saturated rings. The Balaban J connectivity index is 2.15. The van der Waals surface area contributed by atoms with E-state index in [1.165, 1.54) is 0 Å². The zero-order valence-electron chi connectivity index (χ0n) is 8.77. The minimum atomic E-state index is -0.137. The summed E-state index contributed by atoms with van der Waals surface area (Å²) in [6, 6.07) is 3.89. The van der Waals surface area contributed by atoms with E-state index in [0.717, 1.165) is 13.8 Å². The third-order valence-electron chi connectivity index (χ3n) is 2.08. The predicted octanol–water partition coefficient (Wildman–Crippen LogP) is 3.75. The Morgan fingerprint density at radius 2 is 2.12 bits per heavy atom. The summed E-state index contributed by atoms with van der Waals surface area (Å²) in [7, 11) is 0.